The topological polar surface area (TPSA) is 100 Å². The van der Waals surface area contributed by atoms with Crippen molar-refractivity contribution in [1.29, 1.82) is 0 Å². The van der Waals surface area contributed by atoms with Crippen LogP contribution in [0.3, 0.4) is 0 Å². The Morgan fingerprint density at radius 1 is 1.11 bits per heavy atom. The summed E-state index contributed by atoms with van der Waals surface area (Å²) in [5.41, 5.74) is 1.31. The first-order valence-electron chi connectivity index (χ1n) is 8.17. The summed E-state index contributed by atoms with van der Waals surface area (Å²) < 4.78 is 15.6. The van der Waals surface area contributed by atoms with Gasteiger partial charge in [0.1, 0.15) is 11.5 Å². The van der Waals surface area contributed by atoms with Gasteiger partial charge in [-0.05, 0) is 29.8 Å². The highest BCUT2D eigenvalue weighted by molar-refractivity contribution is 6.11. The average Bonchev–Trinajstić information content (AvgIpc) is 3.06. The van der Waals surface area contributed by atoms with Gasteiger partial charge in [-0.3, -0.25) is 10.1 Å². The van der Waals surface area contributed by atoms with Crippen LogP contribution in [0.15, 0.2) is 59.2 Å². The van der Waals surface area contributed by atoms with E-state index in [1.54, 1.807) is 49.6 Å². The van der Waals surface area contributed by atoms with Crippen LogP contribution >= 0.6 is 0 Å². The minimum absolute atomic E-state index is 0.0281. The van der Waals surface area contributed by atoms with Gasteiger partial charge in [0.2, 0.25) is 5.90 Å². The summed E-state index contributed by atoms with van der Waals surface area (Å²) in [5, 5.41) is 10.8. The molecule has 0 saturated carbocycles. The minimum atomic E-state index is -0.600. The molecule has 142 valence electrons. The van der Waals surface area contributed by atoms with Crippen molar-refractivity contribution in [3.05, 3.63) is 75.5 Å². The average molecular weight is 380 g/mol. The number of ether oxygens (including phenoxy) is 3. The first-order valence-corrected chi connectivity index (χ1v) is 8.17. The fourth-order valence-electron chi connectivity index (χ4n) is 2.49. The van der Waals surface area contributed by atoms with Crippen LogP contribution in [0.25, 0.3) is 12.2 Å². The van der Waals surface area contributed by atoms with E-state index in [9.17, 15) is 14.9 Å². The molecule has 1 aliphatic rings. The maximum absolute atomic E-state index is 12.1. The van der Waals surface area contributed by atoms with E-state index in [1.807, 2.05) is 0 Å². The largest absolute Gasteiger partial charge is 0.497 e. The van der Waals surface area contributed by atoms with Crippen LogP contribution in [0.2, 0.25) is 0 Å². The molecule has 0 saturated heterocycles. The first-order chi connectivity index (χ1) is 13.5. The minimum Gasteiger partial charge on any atom is -0.497 e. The quantitative estimate of drug-likeness (QED) is 0.328. The fourth-order valence-corrected chi connectivity index (χ4v) is 2.49. The van der Waals surface area contributed by atoms with Crippen molar-refractivity contribution < 1.29 is 23.9 Å². The Hall–Kier alpha value is -3.94. The van der Waals surface area contributed by atoms with Crippen LogP contribution in [0.5, 0.6) is 11.5 Å². The number of carbonyl (C=O) groups excluding carboxylic acids is 1. The van der Waals surface area contributed by atoms with Gasteiger partial charge in [0.15, 0.2) is 5.70 Å². The summed E-state index contributed by atoms with van der Waals surface area (Å²) in [6.45, 7) is 0. The number of esters is 1. The number of rotatable bonds is 6. The molecule has 0 atom stereocenters. The van der Waals surface area contributed by atoms with Crippen molar-refractivity contribution in [3.8, 4) is 11.5 Å². The third kappa shape index (κ3) is 4.24. The van der Waals surface area contributed by atoms with Crippen molar-refractivity contribution in [1.82, 2.24) is 0 Å². The highest BCUT2D eigenvalue weighted by atomic mass is 16.6. The Bertz CT molecular complexity index is 1020. The lowest BCUT2D eigenvalue weighted by atomic mass is 10.1. The first kappa shape index (κ1) is 18.8. The van der Waals surface area contributed by atoms with Gasteiger partial charge in [0.05, 0.1) is 19.1 Å². The third-order valence-corrected chi connectivity index (χ3v) is 3.87. The van der Waals surface area contributed by atoms with Crippen LogP contribution < -0.4 is 9.47 Å². The van der Waals surface area contributed by atoms with Gasteiger partial charge in [-0.1, -0.05) is 12.1 Å². The Kier molecular flexibility index (Phi) is 5.50. The van der Waals surface area contributed by atoms with Crippen molar-refractivity contribution in [2.45, 2.75) is 0 Å². The zero-order valence-corrected chi connectivity index (χ0v) is 15.1. The lowest BCUT2D eigenvalue weighted by Gasteiger charge is -2.07. The van der Waals surface area contributed by atoms with E-state index >= 15 is 0 Å². The number of hydrogen-bond acceptors (Lipinski definition) is 7. The van der Waals surface area contributed by atoms with Gasteiger partial charge in [-0.2, -0.15) is 0 Å². The van der Waals surface area contributed by atoms with Gasteiger partial charge in [0, 0.05) is 29.8 Å². The van der Waals surface area contributed by atoms with E-state index in [4.69, 9.17) is 14.2 Å². The predicted octanol–water partition coefficient (Wildman–Crippen LogP) is 3.62. The number of methoxy groups -OCH3 is 2. The SMILES string of the molecule is COc1ccc(/C=C2N=C(/C=C/c3cccc([N+](=O)[O-])c3)OC/2=O)c(OC)c1. The summed E-state index contributed by atoms with van der Waals surface area (Å²) in [7, 11) is 3.06. The molecule has 0 aliphatic carbocycles. The second kappa shape index (κ2) is 8.17. The molecular weight excluding hydrogens is 364 g/mol. The Morgan fingerprint density at radius 2 is 1.93 bits per heavy atom. The second-order valence-electron chi connectivity index (χ2n) is 5.66. The Morgan fingerprint density at radius 3 is 2.64 bits per heavy atom. The number of nitro groups is 1. The normalized spacial score (nSPS) is 14.9. The van der Waals surface area contributed by atoms with E-state index in [0.29, 0.717) is 22.6 Å². The molecular formula is C20H16N2O6. The Labute approximate surface area is 160 Å². The third-order valence-electron chi connectivity index (χ3n) is 3.87. The maximum atomic E-state index is 12.1. The van der Waals surface area contributed by atoms with Gasteiger partial charge in [-0.15, -0.1) is 0 Å². The number of nitro benzene ring substituents is 1. The molecule has 2 aromatic rings. The van der Waals surface area contributed by atoms with E-state index < -0.39 is 10.9 Å². The highest BCUT2D eigenvalue weighted by Gasteiger charge is 2.22. The molecule has 0 amide bonds. The molecule has 8 nitrogen and oxygen atoms in total. The lowest BCUT2D eigenvalue weighted by Crippen LogP contribution is -2.01. The van der Waals surface area contributed by atoms with Crippen LogP contribution in [-0.2, 0) is 9.53 Å². The van der Waals surface area contributed by atoms with E-state index in [-0.39, 0.29) is 17.3 Å². The van der Waals surface area contributed by atoms with E-state index in [2.05, 4.69) is 4.99 Å². The number of non-ortho nitro benzene ring substituents is 1. The predicted molar refractivity (Wildman–Crippen MR) is 103 cm³/mol. The van der Waals surface area contributed by atoms with Crippen molar-refractivity contribution >= 4 is 29.7 Å². The summed E-state index contributed by atoms with van der Waals surface area (Å²) >= 11 is 0. The second-order valence-corrected chi connectivity index (χ2v) is 5.66. The van der Waals surface area contributed by atoms with Crippen LogP contribution in [0.1, 0.15) is 11.1 Å². The molecule has 0 radical (unpaired) electrons. The molecule has 0 N–H and O–H groups in total. The lowest BCUT2D eigenvalue weighted by molar-refractivity contribution is -0.384. The molecule has 0 bridgehead atoms. The fraction of sp³-hybridized carbons (Fsp3) is 0.100. The molecule has 2 aromatic carbocycles. The summed E-state index contributed by atoms with van der Waals surface area (Å²) in [6.07, 6.45) is 4.61. The van der Waals surface area contributed by atoms with Gasteiger partial charge >= 0.3 is 5.97 Å². The number of hydrogen-bond donors (Lipinski definition) is 0. The number of cyclic esters (lactones) is 1. The van der Waals surface area contributed by atoms with Crippen LogP contribution in [-0.4, -0.2) is 31.0 Å². The number of aliphatic imine (C=N–C) groups is 1. The molecule has 0 fully saturated rings. The van der Waals surface area contributed by atoms with E-state index in [0.717, 1.165) is 0 Å². The molecule has 1 aliphatic heterocycles. The maximum Gasteiger partial charge on any atom is 0.363 e. The molecule has 0 spiro atoms. The zero-order valence-electron chi connectivity index (χ0n) is 15.1. The molecule has 0 unspecified atom stereocenters. The van der Waals surface area contributed by atoms with Crippen LogP contribution in [0, 0.1) is 10.1 Å². The smallest absolute Gasteiger partial charge is 0.363 e. The summed E-state index contributed by atoms with van der Waals surface area (Å²) in [5.74, 6) is 0.638. The number of carbonyl (C=O) groups is 1. The molecule has 0 aromatic heterocycles. The zero-order chi connectivity index (χ0) is 20.1. The van der Waals surface area contributed by atoms with Gasteiger partial charge in [-0.25, -0.2) is 9.79 Å². The summed E-state index contributed by atoms with van der Waals surface area (Å²) in [4.78, 5) is 26.6. The molecule has 28 heavy (non-hydrogen) atoms. The molecule has 1 heterocycles. The number of nitrogens with zero attached hydrogens (tertiary/aromatic N) is 2. The summed E-state index contributed by atoms with van der Waals surface area (Å²) in [6, 6.07) is 11.2. The Balaban J connectivity index is 1.84. The van der Waals surface area contributed by atoms with Gasteiger partial charge < -0.3 is 14.2 Å². The van der Waals surface area contributed by atoms with Crippen molar-refractivity contribution in [2.75, 3.05) is 14.2 Å². The van der Waals surface area contributed by atoms with E-state index in [1.165, 1.54) is 25.3 Å². The van der Waals surface area contributed by atoms with Crippen molar-refractivity contribution in [3.63, 3.8) is 0 Å². The highest BCUT2D eigenvalue weighted by Crippen LogP contribution is 2.28. The number of benzene rings is 2. The monoisotopic (exact) mass is 380 g/mol. The molecule has 8 heteroatoms. The van der Waals surface area contributed by atoms with Crippen LogP contribution in [0.4, 0.5) is 5.69 Å². The molecule has 3 rings (SSSR count). The van der Waals surface area contributed by atoms with Gasteiger partial charge in [0.25, 0.3) is 5.69 Å². The van der Waals surface area contributed by atoms with Crippen molar-refractivity contribution in [2.24, 2.45) is 4.99 Å². The standard InChI is InChI=1S/C20H16N2O6/c1-26-16-8-7-14(18(12-16)27-2)11-17-20(23)28-19(21-17)9-6-13-4-3-5-15(10-13)22(24)25/h3-12H,1-2H3/b9-6+,17-11+.